The third-order valence-electron chi connectivity index (χ3n) is 6.43. The van der Waals surface area contributed by atoms with E-state index >= 15 is 0 Å². The second kappa shape index (κ2) is 12.0. The van der Waals surface area contributed by atoms with E-state index in [1.54, 1.807) is 12.1 Å². The summed E-state index contributed by atoms with van der Waals surface area (Å²) in [7, 11) is 0. The molecule has 2 aliphatic rings. The van der Waals surface area contributed by atoms with Gasteiger partial charge < -0.3 is 29.7 Å². The Kier molecular flexibility index (Phi) is 8.36. The third-order valence-corrected chi connectivity index (χ3v) is 6.43. The van der Waals surface area contributed by atoms with Crippen LogP contribution < -0.4 is 19.9 Å². The molecule has 2 fully saturated rings. The van der Waals surface area contributed by atoms with Crippen LogP contribution >= 0.6 is 0 Å². The molecule has 2 aliphatic heterocycles. The molecule has 188 valence electrons. The standard InChI is InChI=1S/C26H30N6O4/c27-13-21-12-23(32-9-7-31(8-10-32)22-3-1-20(2-4-22)26(33)34)5-6-25(21)36-16-19-11-24(35-15-19)14-29-18-30-17-28/h1-6,12,17-19,24H,7-11,14-16H2,(H,33,34)(H2,28,29,30)/t19-,24-/m0/s1. The molecule has 3 N–H and O–H groups in total. The van der Waals surface area contributed by atoms with Crippen molar-refractivity contribution in [3.05, 3.63) is 53.6 Å². The highest BCUT2D eigenvalue weighted by molar-refractivity contribution is 5.88. The van der Waals surface area contributed by atoms with E-state index in [1.807, 2.05) is 30.3 Å². The molecule has 0 spiro atoms. The Labute approximate surface area is 210 Å². The minimum Gasteiger partial charge on any atom is -0.492 e. The third kappa shape index (κ3) is 6.31. The van der Waals surface area contributed by atoms with E-state index in [9.17, 15) is 10.1 Å². The van der Waals surface area contributed by atoms with Gasteiger partial charge in [0.15, 0.2) is 0 Å². The van der Waals surface area contributed by atoms with Gasteiger partial charge in [-0.25, -0.2) is 9.79 Å². The predicted octanol–water partition coefficient (Wildman–Crippen LogP) is 2.59. The van der Waals surface area contributed by atoms with E-state index in [-0.39, 0.29) is 17.6 Å². The maximum absolute atomic E-state index is 11.1. The summed E-state index contributed by atoms with van der Waals surface area (Å²) >= 11 is 0. The number of piperazine rings is 1. The number of nitrogens with zero attached hydrogens (tertiary/aromatic N) is 4. The van der Waals surface area contributed by atoms with E-state index in [2.05, 4.69) is 26.2 Å². The van der Waals surface area contributed by atoms with Crippen LogP contribution in [0.1, 0.15) is 22.3 Å². The molecule has 0 saturated carbocycles. The van der Waals surface area contributed by atoms with Crippen molar-refractivity contribution < 1.29 is 19.4 Å². The van der Waals surface area contributed by atoms with Crippen LogP contribution in [0.2, 0.25) is 0 Å². The Morgan fingerprint density at radius 3 is 2.56 bits per heavy atom. The molecule has 2 saturated heterocycles. The highest BCUT2D eigenvalue weighted by Crippen LogP contribution is 2.28. The second-order valence-electron chi connectivity index (χ2n) is 8.80. The first-order chi connectivity index (χ1) is 17.6. The summed E-state index contributed by atoms with van der Waals surface area (Å²) in [4.78, 5) is 19.2. The normalized spacial score (nSPS) is 19.8. The van der Waals surface area contributed by atoms with Gasteiger partial charge in [0, 0.05) is 50.0 Å². The summed E-state index contributed by atoms with van der Waals surface area (Å²) < 4.78 is 11.8. The first-order valence-electron chi connectivity index (χ1n) is 11.9. The highest BCUT2D eigenvalue weighted by Gasteiger charge is 2.26. The van der Waals surface area contributed by atoms with Gasteiger partial charge in [0.1, 0.15) is 18.2 Å². The van der Waals surface area contributed by atoms with Gasteiger partial charge in [-0.2, -0.15) is 5.26 Å². The molecule has 0 amide bonds. The number of anilines is 2. The Bertz CT molecular complexity index is 1120. The number of carboxylic acids is 1. The molecular formula is C26H30N6O4. The molecule has 0 unspecified atom stereocenters. The average molecular weight is 491 g/mol. The fraction of sp³-hybridized carbons (Fsp3) is 0.385. The summed E-state index contributed by atoms with van der Waals surface area (Å²) in [5.74, 6) is -0.0924. The number of hydrogen-bond donors (Lipinski definition) is 3. The van der Waals surface area contributed by atoms with Gasteiger partial charge in [0.25, 0.3) is 0 Å². The van der Waals surface area contributed by atoms with Crippen LogP contribution in [0, 0.1) is 22.7 Å². The van der Waals surface area contributed by atoms with E-state index in [1.165, 1.54) is 6.34 Å². The van der Waals surface area contributed by atoms with Crippen LogP contribution in [0.25, 0.3) is 0 Å². The van der Waals surface area contributed by atoms with E-state index in [4.69, 9.17) is 20.0 Å². The topological polar surface area (TPSA) is 134 Å². The molecule has 0 radical (unpaired) electrons. The van der Waals surface area contributed by atoms with Crippen LogP contribution in [-0.4, -0.2) is 75.8 Å². The summed E-state index contributed by atoms with van der Waals surface area (Å²) in [5, 5.41) is 28.7. The number of nitrogens with one attached hydrogen (secondary N) is 2. The van der Waals surface area contributed by atoms with Crippen molar-refractivity contribution in [2.45, 2.75) is 12.5 Å². The Balaban J connectivity index is 1.28. The molecular weight excluding hydrogens is 460 g/mol. The SMILES string of the molecule is N#Cc1cc(N2CCN(c3ccc(C(=O)O)cc3)CC2)ccc1OC[C@@H]1CO[C@H](CN/C=N\C=N)C1. The van der Waals surface area contributed by atoms with Crippen molar-refractivity contribution >= 4 is 30.0 Å². The lowest BCUT2D eigenvalue weighted by Gasteiger charge is -2.37. The van der Waals surface area contributed by atoms with Crippen LogP contribution in [0.5, 0.6) is 5.75 Å². The average Bonchev–Trinajstić information content (AvgIpc) is 3.37. The molecule has 2 aromatic rings. The van der Waals surface area contributed by atoms with Gasteiger partial charge in [-0.15, -0.1) is 0 Å². The van der Waals surface area contributed by atoms with Crippen molar-refractivity contribution in [1.82, 2.24) is 5.32 Å². The van der Waals surface area contributed by atoms with E-state index in [0.29, 0.717) is 31.1 Å². The number of aromatic carboxylic acids is 1. The first-order valence-corrected chi connectivity index (χ1v) is 11.9. The van der Waals surface area contributed by atoms with Crippen LogP contribution in [0.15, 0.2) is 47.5 Å². The first kappa shape index (κ1) is 25.0. The molecule has 0 aromatic heterocycles. The van der Waals surface area contributed by atoms with Gasteiger partial charge in [-0.1, -0.05) is 0 Å². The minimum atomic E-state index is -0.924. The molecule has 0 bridgehead atoms. The molecule has 2 atom stereocenters. The summed E-state index contributed by atoms with van der Waals surface area (Å²) in [6, 6.07) is 15.0. The Hall–Kier alpha value is -4.10. The van der Waals surface area contributed by atoms with Gasteiger partial charge >= 0.3 is 5.97 Å². The Morgan fingerprint density at radius 1 is 1.19 bits per heavy atom. The van der Waals surface area contributed by atoms with Crippen LogP contribution in [0.4, 0.5) is 11.4 Å². The monoisotopic (exact) mass is 490 g/mol. The van der Waals surface area contributed by atoms with Crippen molar-refractivity contribution in [2.75, 3.05) is 55.7 Å². The number of carbonyl (C=O) groups is 1. The zero-order valence-corrected chi connectivity index (χ0v) is 20.0. The van der Waals surface area contributed by atoms with Crippen molar-refractivity contribution in [2.24, 2.45) is 10.9 Å². The summed E-state index contributed by atoms with van der Waals surface area (Å²) in [5.41, 5.74) is 2.79. The number of hydrogen-bond acceptors (Lipinski definition) is 7. The number of benzene rings is 2. The molecule has 0 aliphatic carbocycles. The van der Waals surface area contributed by atoms with Crippen LogP contribution in [0.3, 0.4) is 0 Å². The lowest BCUT2D eigenvalue weighted by atomic mass is 10.1. The number of nitriles is 1. The molecule has 2 heterocycles. The maximum atomic E-state index is 11.1. The van der Waals surface area contributed by atoms with Crippen LogP contribution in [-0.2, 0) is 4.74 Å². The van der Waals surface area contributed by atoms with Crippen molar-refractivity contribution in [3.63, 3.8) is 0 Å². The zero-order valence-electron chi connectivity index (χ0n) is 20.0. The Morgan fingerprint density at radius 2 is 1.89 bits per heavy atom. The van der Waals surface area contributed by atoms with E-state index in [0.717, 1.165) is 50.3 Å². The smallest absolute Gasteiger partial charge is 0.335 e. The summed E-state index contributed by atoms with van der Waals surface area (Å²) in [6.07, 6.45) is 3.39. The number of ether oxygens (including phenoxy) is 2. The predicted molar refractivity (Wildman–Crippen MR) is 138 cm³/mol. The van der Waals surface area contributed by atoms with Gasteiger partial charge in [0.2, 0.25) is 0 Å². The van der Waals surface area contributed by atoms with E-state index < -0.39 is 5.97 Å². The summed E-state index contributed by atoms with van der Waals surface area (Å²) in [6.45, 7) is 4.92. The molecule has 10 nitrogen and oxygen atoms in total. The molecule has 4 rings (SSSR count). The molecule has 10 heteroatoms. The second-order valence-corrected chi connectivity index (χ2v) is 8.80. The lowest BCUT2D eigenvalue weighted by Crippen LogP contribution is -2.46. The van der Waals surface area contributed by atoms with Crippen molar-refractivity contribution in [1.29, 1.82) is 10.7 Å². The number of aliphatic imine (C=N–C) groups is 1. The molecule has 36 heavy (non-hydrogen) atoms. The largest absolute Gasteiger partial charge is 0.492 e. The van der Waals surface area contributed by atoms with Crippen molar-refractivity contribution in [3.8, 4) is 11.8 Å². The number of carboxylic acid groups (broad SMARTS) is 1. The molecule has 2 aromatic carbocycles. The van der Waals surface area contributed by atoms with Gasteiger partial charge in [-0.3, -0.25) is 5.41 Å². The van der Waals surface area contributed by atoms with Gasteiger partial charge in [-0.05, 0) is 48.9 Å². The number of rotatable bonds is 10. The maximum Gasteiger partial charge on any atom is 0.335 e. The van der Waals surface area contributed by atoms with Gasteiger partial charge in [0.05, 0.1) is 36.8 Å². The fourth-order valence-corrected chi connectivity index (χ4v) is 4.49. The quantitative estimate of drug-likeness (QED) is 0.342. The zero-order chi connectivity index (χ0) is 25.3. The minimum absolute atomic E-state index is 0.0716. The highest BCUT2D eigenvalue weighted by atomic mass is 16.5. The lowest BCUT2D eigenvalue weighted by molar-refractivity contribution is 0.0697. The fourth-order valence-electron chi connectivity index (χ4n) is 4.49.